The molecule has 0 amide bonds. The van der Waals surface area contributed by atoms with Crippen molar-refractivity contribution in [3.63, 3.8) is 0 Å². The van der Waals surface area contributed by atoms with Gasteiger partial charge in [0.15, 0.2) is 0 Å². The molecule has 0 fully saturated rings. The molecule has 4 heteroatoms. The van der Waals surface area contributed by atoms with E-state index in [-0.39, 0.29) is 17.0 Å². The molecule has 1 aromatic rings. The SMILES string of the molecule is Br.O=C(O)c1cc[nH]c1. The van der Waals surface area contributed by atoms with E-state index in [0.29, 0.717) is 5.56 Å². The van der Waals surface area contributed by atoms with Crippen LogP contribution in [0.2, 0.25) is 0 Å². The minimum atomic E-state index is -0.897. The van der Waals surface area contributed by atoms with Crippen LogP contribution in [0.3, 0.4) is 0 Å². The van der Waals surface area contributed by atoms with Crippen LogP contribution >= 0.6 is 17.0 Å². The van der Waals surface area contributed by atoms with Gasteiger partial charge in [-0.25, -0.2) is 4.79 Å². The molecule has 0 aliphatic carbocycles. The van der Waals surface area contributed by atoms with Crippen molar-refractivity contribution in [2.24, 2.45) is 0 Å². The minimum Gasteiger partial charge on any atom is -0.478 e. The smallest absolute Gasteiger partial charge is 0.337 e. The number of halogens is 1. The van der Waals surface area contributed by atoms with Crippen molar-refractivity contribution >= 4 is 23.0 Å². The van der Waals surface area contributed by atoms with Gasteiger partial charge in [-0.2, -0.15) is 0 Å². The summed E-state index contributed by atoms with van der Waals surface area (Å²) in [6.07, 6.45) is 3.01. The summed E-state index contributed by atoms with van der Waals surface area (Å²) in [6, 6.07) is 1.50. The maximum atomic E-state index is 10.0. The number of carbonyl (C=O) groups is 1. The normalized spacial score (nSPS) is 8.00. The molecule has 0 spiro atoms. The molecular weight excluding hydrogens is 186 g/mol. The molecular formula is C5H6BrNO2. The molecule has 50 valence electrons. The number of aromatic amines is 1. The third-order valence-corrected chi connectivity index (χ3v) is 0.845. The van der Waals surface area contributed by atoms with Crippen molar-refractivity contribution in [3.8, 4) is 0 Å². The van der Waals surface area contributed by atoms with Crippen LogP contribution in [-0.2, 0) is 0 Å². The second-order valence-electron chi connectivity index (χ2n) is 1.40. The summed E-state index contributed by atoms with van der Waals surface area (Å²) in [6.45, 7) is 0. The lowest BCUT2D eigenvalue weighted by atomic mass is 10.4. The Balaban J connectivity index is 0.000000640. The molecule has 1 aromatic heterocycles. The topological polar surface area (TPSA) is 53.1 Å². The Hall–Kier alpha value is -0.770. The number of hydrogen-bond donors (Lipinski definition) is 2. The third kappa shape index (κ3) is 1.89. The Kier molecular flexibility index (Phi) is 3.01. The van der Waals surface area contributed by atoms with Gasteiger partial charge in [0.2, 0.25) is 0 Å². The van der Waals surface area contributed by atoms with Crippen molar-refractivity contribution in [3.05, 3.63) is 24.0 Å². The fourth-order valence-electron chi connectivity index (χ4n) is 0.457. The lowest BCUT2D eigenvalue weighted by Gasteiger charge is -1.78. The van der Waals surface area contributed by atoms with E-state index in [1.54, 1.807) is 6.20 Å². The molecule has 3 nitrogen and oxygen atoms in total. The first kappa shape index (κ1) is 8.23. The van der Waals surface area contributed by atoms with Crippen LogP contribution in [0.15, 0.2) is 18.5 Å². The molecule has 0 aromatic carbocycles. The highest BCUT2D eigenvalue weighted by atomic mass is 79.9. The van der Waals surface area contributed by atoms with Crippen molar-refractivity contribution in [1.82, 2.24) is 4.98 Å². The van der Waals surface area contributed by atoms with Gasteiger partial charge in [-0.05, 0) is 6.07 Å². The average Bonchev–Trinajstić information content (AvgIpc) is 2.12. The summed E-state index contributed by atoms with van der Waals surface area (Å²) in [4.78, 5) is 12.7. The predicted octanol–water partition coefficient (Wildman–Crippen LogP) is 1.29. The number of carboxylic acids is 1. The van der Waals surface area contributed by atoms with Gasteiger partial charge in [0.1, 0.15) is 0 Å². The molecule has 0 bridgehead atoms. The highest BCUT2D eigenvalue weighted by Gasteiger charge is 1.98. The zero-order valence-corrected chi connectivity index (χ0v) is 6.21. The Bertz CT molecular complexity index is 183. The Labute approximate surface area is 62.5 Å². The Morgan fingerprint density at radius 3 is 2.56 bits per heavy atom. The van der Waals surface area contributed by atoms with Crippen LogP contribution in [0, 0.1) is 0 Å². The number of hydrogen-bond acceptors (Lipinski definition) is 1. The molecule has 1 heterocycles. The molecule has 1 rings (SSSR count). The van der Waals surface area contributed by atoms with E-state index in [0.717, 1.165) is 0 Å². The number of nitrogens with one attached hydrogen (secondary N) is 1. The van der Waals surface area contributed by atoms with Crippen LogP contribution in [0.25, 0.3) is 0 Å². The van der Waals surface area contributed by atoms with E-state index in [1.807, 2.05) is 0 Å². The largest absolute Gasteiger partial charge is 0.478 e. The quantitative estimate of drug-likeness (QED) is 0.704. The summed E-state index contributed by atoms with van der Waals surface area (Å²) in [7, 11) is 0. The fraction of sp³-hybridized carbons (Fsp3) is 0. The van der Waals surface area contributed by atoms with E-state index in [2.05, 4.69) is 4.98 Å². The molecule has 0 saturated carbocycles. The van der Waals surface area contributed by atoms with Crippen LogP contribution in [0.4, 0.5) is 0 Å². The molecule has 9 heavy (non-hydrogen) atoms. The second-order valence-corrected chi connectivity index (χ2v) is 1.40. The fourth-order valence-corrected chi connectivity index (χ4v) is 0.457. The van der Waals surface area contributed by atoms with E-state index in [9.17, 15) is 4.79 Å². The summed E-state index contributed by atoms with van der Waals surface area (Å²) >= 11 is 0. The molecule has 2 N–H and O–H groups in total. The maximum absolute atomic E-state index is 10.0. The molecule has 0 radical (unpaired) electrons. The van der Waals surface area contributed by atoms with Crippen molar-refractivity contribution in [2.45, 2.75) is 0 Å². The highest BCUT2D eigenvalue weighted by molar-refractivity contribution is 8.93. The molecule has 0 aliphatic rings. The highest BCUT2D eigenvalue weighted by Crippen LogP contribution is 1.93. The van der Waals surface area contributed by atoms with Gasteiger partial charge in [-0.1, -0.05) is 0 Å². The lowest BCUT2D eigenvalue weighted by Crippen LogP contribution is -1.91. The summed E-state index contributed by atoms with van der Waals surface area (Å²) < 4.78 is 0. The number of aromatic nitrogens is 1. The van der Waals surface area contributed by atoms with Gasteiger partial charge >= 0.3 is 5.97 Å². The van der Waals surface area contributed by atoms with Gasteiger partial charge in [-0.3, -0.25) is 0 Å². The number of H-pyrrole nitrogens is 1. The molecule has 0 atom stereocenters. The minimum absolute atomic E-state index is 0. The van der Waals surface area contributed by atoms with Gasteiger partial charge in [0.05, 0.1) is 5.56 Å². The summed E-state index contributed by atoms with van der Waals surface area (Å²) in [5.74, 6) is -0.897. The first-order valence-electron chi connectivity index (χ1n) is 2.17. The first-order chi connectivity index (χ1) is 3.80. The number of aromatic carboxylic acids is 1. The third-order valence-electron chi connectivity index (χ3n) is 0.845. The van der Waals surface area contributed by atoms with Crippen LogP contribution in [-0.4, -0.2) is 16.1 Å². The van der Waals surface area contributed by atoms with Crippen molar-refractivity contribution in [2.75, 3.05) is 0 Å². The summed E-state index contributed by atoms with van der Waals surface area (Å²) in [5, 5.41) is 8.25. The number of carboxylic acid groups (broad SMARTS) is 1. The van der Waals surface area contributed by atoms with E-state index in [1.165, 1.54) is 12.3 Å². The van der Waals surface area contributed by atoms with Crippen molar-refractivity contribution < 1.29 is 9.90 Å². The maximum Gasteiger partial charge on any atom is 0.337 e. The number of rotatable bonds is 1. The monoisotopic (exact) mass is 191 g/mol. The summed E-state index contributed by atoms with van der Waals surface area (Å²) in [5.41, 5.74) is 0.296. The van der Waals surface area contributed by atoms with Gasteiger partial charge in [0, 0.05) is 12.4 Å². The van der Waals surface area contributed by atoms with Gasteiger partial charge in [-0.15, -0.1) is 17.0 Å². The Morgan fingerprint density at radius 1 is 1.67 bits per heavy atom. The molecule has 0 saturated heterocycles. The predicted molar refractivity (Wildman–Crippen MR) is 38.1 cm³/mol. The van der Waals surface area contributed by atoms with Crippen molar-refractivity contribution in [1.29, 1.82) is 0 Å². The lowest BCUT2D eigenvalue weighted by molar-refractivity contribution is 0.0697. The van der Waals surface area contributed by atoms with Crippen LogP contribution in [0.1, 0.15) is 10.4 Å². The zero-order chi connectivity index (χ0) is 5.98. The zero-order valence-electron chi connectivity index (χ0n) is 4.50. The Morgan fingerprint density at radius 2 is 2.33 bits per heavy atom. The van der Waals surface area contributed by atoms with Crippen LogP contribution in [0.5, 0.6) is 0 Å². The average molecular weight is 192 g/mol. The van der Waals surface area contributed by atoms with E-state index >= 15 is 0 Å². The van der Waals surface area contributed by atoms with E-state index in [4.69, 9.17) is 5.11 Å². The van der Waals surface area contributed by atoms with Crippen LogP contribution < -0.4 is 0 Å². The molecule has 0 aliphatic heterocycles. The molecule has 0 unspecified atom stereocenters. The second kappa shape index (κ2) is 3.29. The first-order valence-corrected chi connectivity index (χ1v) is 2.17. The van der Waals surface area contributed by atoms with E-state index < -0.39 is 5.97 Å². The van der Waals surface area contributed by atoms with Gasteiger partial charge in [0.25, 0.3) is 0 Å². The van der Waals surface area contributed by atoms with Gasteiger partial charge < -0.3 is 10.1 Å². The standard InChI is InChI=1S/C5H5NO2.BrH/c7-5(8)4-1-2-6-3-4;/h1-3,6H,(H,7,8);1H.